The van der Waals surface area contributed by atoms with Crippen LogP contribution in [0.4, 0.5) is 0 Å². The first kappa shape index (κ1) is 26.8. The summed E-state index contributed by atoms with van der Waals surface area (Å²) in [6.45, 7) is 9.44. The molecule has 1 unspecified atom stereocenters. The predicted molar refractivity (Wildman–Crippen MR) is 149 cm³/mol. The molecule has 10 heteroatoms. The second-order valence-electron chi connectivity index (χ2n) is 10.8. The third-order valence-electron chi connectivity index (χ3n) is 6.64. The third-order valence-corrected chi connectivity index (χ3v) is 8.35. The van der Waals surface area contributed by atoms with E-state index in [0.717, 1.165) is 18.9 Å². The zero-order chi connectivity index (χ0) is 26.7. The molecule has 2 aromatic carbocycles. The van der Waals surface area contributed by atoms with Gasteiger partial charge in [0.1, 0.15) is 23.7 Å². The number of aromatic amines is 1. The minimum absolute atomic E-state index is 0.0359. The van der Waals surface area contributed by atoms with Crippen LogP contribution in [-0.4, -0.2) is 50.8 Å². The Morgan fingerprint density at radius 3 is 2.57 bits per heavy atom. The number of aliphatic hydroxyl groups excluding tert-OH is 1. The Morgan fingerprint density at radius 2 is 1.84 bits per heavy atom. The molecule has 0 fully saturated rings. The van der Waals surface area contributed by atoms with Gasteiger partial charge in [0, 0.05) is 26.9 Å². The van der Waals surface area contributed by atoms with Crippen LogP contribution in [0.1, 0.15) is 32.2 Å². The quantitative estimate of drug-likeness (QED) is 0.197. The second kappa shape index (κ2) is 11.0. The van der Waals surface area contributed by atoms with Crippen LogP contribution in [-0.2, 0) is 11.5 Å². The Balaban J connectivity index is 1.82. The second-order valence-corrected chi connectivity index (χ2v) is 16.4. The predicted octanol–water partition coefficient (Wildman–Crippen LogP) is 4.45. The lowest BCUT2D eigenvalue weighted by Gasteiger charge is -2.17. The maximum atomic E-state index is 13.8. The van der Waals surface area contributed by atoms with Gasteiger partial charge in [0.2, 0.25) is 0 Å². The molecule has 0 saturated heterocycles. The van der Waals surface area contributed by atoms with Crippen LogP contribution in [0.25, 0.3) is 33.2 Å². The number of nitrogens with one attached hydrogen (secondary N) is 1. The fourth-order valence-corrected chi connectivity index (χ4v) is 5.18. The molecule has 37 heavy (non-hydrogen) atoms. The van der Waals surface area contributed by atoms with Crippen LogP contribution in [0.2, 0.25) is 25.7 Å². The van der Waals surface area contributed by atoms with Gasteiger partial charge < -0.3 is 14.9 Å². The number of unbranched alkanes of at least 4 members (excludes halogenated alkanes) is 1. The molecular weight excluding hydrogens is 488 g/mol. The molecular formula is C27H36N4O5Si. The largest absolute Gasteiger partial charge is 0.506 e. The molecule has 3 N–H and O–H groups in total. The molecule has 4 rings (SSSR count). The number of hydrogen-bond donors (Lipinski definition) is 3. The normalized spacial score (nSPS) is 13.0. The number of para-hydroxylation sites is 2. The highest BCUT2D eigenvalue weighted by atomic mass is 28.3. The van der Waals surface area contributed by atoms with Crippen LogP contribution in [0.15, 0.2) is 46.0 Å². The Morgan fingerprint density at radius 1 is 1.08 bits per heavy atom. The molecule has 9 nitrogen and oxygen atoms in total. The van der Waals surface area contributed by atoms with Crippen molar-refractivity contribution in [3.8, 4) is 17.0 Å². The van der Waals surface area contributed by atoms with E-state index in [0.29, 0.717) is 40.5 Å². The number of aliphatic hydroxyl groups is 1. The van der Waals surface area contributed by atoms with E-state index in [1.807, 2.05) is 6.92 Å². The maximum absolute atomic E-state index is 13.8. The van der Waals surface area contributed by atoms with E-state index in [4.69, 9.17) is 9.84 Å². The van der Waals surface area contributed by atoms with Crippen molar-refractivity contribution in [2.75, 3.05) is 13.2 Å². The summed E-state index contributed by atoms with van der Waals surface area (Å²) in [5, 5.41) is 23.3. The van der Waals surface area contributed by atoms with Gasteiger partial charge in [-0.15, -0.1) is 0 Å². The molecule has 0 bridgehead atoms. The highest BCUT2D eigenvalue weighted by Gasteiger charge is 2.21. The summed E-state index contributed by atoms with van der Waals surface area (Å²) in [4.78, 5) is 31.5. The van der Waals surface area contributed by atoms with Gasteiger partial charge in [0.25, 0.3) is 11.1 Å². The van der Waals surface area contributed by atoms with Gasteiger partial charge in [-0.2, -0.15) is 0 Å². The number of aromatic nitrogens is 4. The zero-order valence-corrected chi connectivity index (χ0v) is 23.0. The first-order valence-corrected chi connectivity index (χ1v) is 16.5. The van der Waals surface area contributed by atoms with Crippen LogP contribution in [0, 0.1) is 0 Å². The van der Waals surface area contributed by atoms with Gasteiger partial charge in [-0.25, -0.2) is 9.67 Å². The summed E-state index contributed by atoms with van der Waals surface area (Å²) < 4.78 is 8.98. The van der Waals surface area contributed by atoms with Crippen LogP contribution < -0.4 is 11.1 Å². The molecule has 0 radical (unpaired) electrons. The van der Waals surface area contributed by atoms with E-state index >= 15 is 0 Å². The zero-order valence-electron chi connectivity index (χ0n) is 22.0. The number of benzene rings is 2. The smallest absolute Gasteiger partial charge is 0.279 e. The number of ether oxygens (including phenoxy) is 1. The lowest BCUT2D eigenvalue weighted by Crippen LogP contribution is -2.27. The highest BCUT2D eigenvalue weighted by Crippen LogP contribution is 2.28. The van der Waals surface area contributed by atoms with Gasteiger partial charge in [-0.05, 0) is 50.4 Å². The van der Waals surface area contributed by atoms with Crippen molar-refractivity contribution in [3.05, 3.63) is 57.1 Å². The van der Waals surface area contributed by atoms with Crippen molar-refractivity contribution in [1.82, 2.24) is 19.3 Å². The molecule has 0 spiro atoms. The van der Waals surface area contributed by atoms with E-state index in [2.05, 4.69) is 29.7 Å². The van der Waals surface area contributed by atoms with Crippen molar-refractivity contribution >= 4 is 30.0 Å². The van der Waals surface area contributed by atoms with Crippen LogP contribution in [0.3, 0.4) is 0 Å². The number of phenolic OH excluding ortho intramolecular Hbond substituents is 1. The van der Waals surface area contributed by atoms with Gasteiger partial charge in [-0.1, -0.05) is 37.8 Å². The average Bonchev–Trinajstić information content (AvgIpc) is 3.19. The summed E-state index contributed by atoms with van der Waals surface area (Å²) in [6, 6.07) is 11.0. The molecule has 0 aliphatic carbocycles. The molecule has 0 aliphatic rings. The monoisotopic (exact) mass is 524 g/mol. The van der Waals surface area contributed by atoms with Crippen molar-refractivity contribution < 1.29 is 14.9 Å². The summed E-state index contributed by atoms with van der Waals surface area (Å²) in [7, 11) is -1.30. The number of fused-ring (bicyclic) bond motifs is 2. The van der Waals surface area contributed by atoms with Crippen LogP contribution in [0.5, 0.6) is 5.75 Å². The maximum Gasteiger partial charge on any atom is 0.279 e. The van der Waals surface area contributed by atoms with Crippen molar-refractivity contribution in [2.24, 2.45) is 0 Å². The molecule has 0 amide bonds. The molecule has 2 heterocycles. The average molecular weight is 525 g/mol. The molecule has 198 valence electrons. The SMILES string of the molecule is CC(CCCCO)n1[nH]c2c(-c3nc4c(O)cccc4n(COCC[Si](C)(C)C)c3=O)cccc2c1=O. The topological polar surface area (TPSA) is 122 Å². The lowest BCUT2D eigenvalue weighted by molar-refractivity contribution is 0.0878. The van der Waals surface area contributed by atoms with Gasteiger partial charge in [0.15, 0.2) is 0 Å². The first-order chi connectivity index (χ1) is 17.6. The Hall–Kier alpha value is -3.21. The van der Waals surface area contributed by atoms with E-state index in [1.165, 1.54) is 10.6 Å². The number of rotatable bonds is 11. The minimum Gasteiger partial charge on any atom is -0.506 e. The van der Waals surface area contributed by atoms with Crippen molar-refractivity contribution in [3.63, 3.8) is 0 Å². The molecule has 2 aromatic heterocycles. The van der Waals surface area contributed by atoms with Gasteiger partial charge in [0.05, 0.1) is 22.5 Å². The number of H-pyrrole nitrogens is 1. The first-order valence-electron chi connectivity index (χ1n) is 12.8. The van der Waals surface area contributed by atoms with Gasteiger partial charge >= 0.3 is 0 Å². The minimum atomic E-state index is -1.30. The molecule has 0 saturated carbocycles. The summed E-state index contributed by atoms with van der Waals surface area (Å²) in [6.07, 6.45) is 2.20. The highest BCUT2D eigenvalue weighted by molar-refractivity contribution is 6.76. The molecule has 4 aromatic rings. The lowest BCUT2D eigenvalue weighted by atomic mass is 10.1. The number of phenols is 1. The Labute approximate surface area is 216 Å². The molecule has 0 aliphatic heterocycles. The Kier molecular flexibility index (Phi) is 8.01. The number of nitrogens with zero attached hydrogens (tertiary/aromatic N) is 3. The van der Waals surface area contributed by atoms with Crippen molar-refractivity contribution in [2.45, 2.75) is 64.6 Å². The van der Waals surface area contributed by atoms with E-state index in [-0.39, 0.29) is 41.9 Å². The molecule has 1 atom stereocenters. The Bertz CT molecular complexity index is 1520. The van der Waals surface area contributed by atoms with E-state index < -0.39 is 8.07 Å². The standard InChI is InChI=1S/C27H36N4O5Si/c1-18(9-5-6-14-32)31-26(34)20-11-7-10-19(23(20)29-31)24-27(35)30(17-36-15-16-37(2,3)4)21-12-8-13-22(33)25(21)28-24/h7-8,10-13,18,29,32-33H,5-6,9,14-17H2,1-4H3. The van der Waals surface area contributed by atoms with E-state index in [9.17, 15) is 14.7 Å². The number of aromatic hydroxyl groups is 1. The van der Waals surface area contributed by atoms with Crippen molar-refractivity contribution in [1.29, 1.82) is 0 Å². The third kappa shape index (κ3) is 5.71. The van der Waals surface area contributed by atoms with Crippen LogP contribution >= 0.6 is 0 Å². The summed E-state index contributed by atoms with van der Waals surface area (Å²) >= 11 is 0. The fourth-order valence-electron chi connectivity index (χ4n) is 4.43. The van der Waals surface area contributed by atoms with Gasteiger partial charge in [-0.3, -0.25) is 19.3 Å². The summed E-state index contributed by atoms with van der Waals surface area (Å²) in [5.74, 6) is -0.0367. The van der Waals surface area contributed by atoms with E-state index in [1.54, 1.807) is 35.0 Å². The summed E-state index contributed by atoms with van der Waals surface area (Å²) in [5.41, 5.74) is 1.39. The number of hydrogen-bond acceptors (Lipinski definition) is 6. The fraction of sp³-hybridized carbons (Fsp3) is 0.444.